The van der Waals surface area contributed by atoms with Crippen LogP contribution in [0.15, 0.2) is 57.1 Å². The largest absolute Gasteiger partial charge is 0.494 e. The van der Waals surface area contributed by atoms with E-state index in [1.165, 1.54) is 0 Å². The smallest absolute Gasteiger partial charge is 0.261 e. The molecular formula is C21H17Br2N3O2. The molecule has 142 valence electrons. The number of halogens is 2. The Hall–Kier alpha value is -2.56. The van der Waals surface area contributed by atoms with Crippen LogP contribution in [0.4, 0.5) is 0 Å². The van der Waals surface area contributed by atoms with Gasteiger partial charge in [-0.1, -0.05) is 18.2 Å². The Kier molecular flexibility index (Phi) is 6.55. The molecule has 1 amide bonds. The number of benzene rings is 2. The van der Waals surface area contributed by atoms with Crippen molar-refractivity contribution in [3.63, 3.8) is 0 Å². The molecule has 1 aromatic heterocycles. The summed E-state index contributed by atoms with van der Waals surface area (Å²) in [6.45, 7) is 0.440. The van der Waals surface area contributed by atoms with Gasteiger partial charge in [0.15, 0.2) is 0 Å². The van der Waals surface area contributed by atoms with Crippen LogP contribution in [0.25, 0.3) is 17.0 Å². The van der Waals surface area contributed by atoms with E-state index in [4.69, 9.17) is 4.74 Å². The fourth-order valence-corrected chi connectivity index (χ4v) is 4.46. The van der Waals surface area contributed by atoms with Gasteiger partial charge in [-0.15, -0.1) is 0 Å². The lowest BCUT2D eigenvalue weighted by atomic mass is 10.1. The SMILES string of the molecule is COc1c(Br)cc(/C=C(/C#N)C(=O)NCCc2c[nH]c3ccccc23)cc1Br. The highest BCUT2D eigenvalue weighted by molar-refractivity contribution is 9.11. The number of fused-ring (bicyclic) bond motifs is 1. The number of aromatic nitrogens is 1. The minimum absolute atomic E-state index is 0.0443. The molecule has 3 rings (SSSR count). The third kappa shape index (κ3) is 4.46. The first-order valence-corrected chi connectivity index (χ1v) is 10.1. The normalized spacial score (nSPS) is 11.3. The van der Waals surface area contributed by atoms with E-state index in [1.54, 1.807) is 25.3 Å². The first-order chi connectivity index (χ1) is 13.5. The van der Waals surface area contributed by atoms with Crippen LogP contribution in [0, 0.1) is 11.3 Å². The first kappa shape index (κ1) is 20.2. The van der Waals surface area contributed by atoms with Crippen LogP contribution in [0.2, 0.25) is 0 Å². The summed E-state index contributed by atoms with van der Waals surface area (Å²) in [6, 6.07) is 13.6. The van der Waals surface area contributed by atoms with E-state index in [9.17, 15) is 10.1 Å². The molecule has 0 aliphatic carbocycles. The van der Waals surface area contributed by atoms with E-state index in [0.29, 0.717) is 24.3 Å². The number of ether oxygens (including phenoxy) is 1. The summed E-state index contributed by atoms with van der Waals surface area (Å²) in [7, 11) is 1.57. The number of aromatic amines is 1. The van der Waals surface area contributed by atoms with E-state index in [-0.39, 0.29) is 5.57 Å². The molecule has 0 radical (unpaired) electrons. The molecule has 1 heterocycles. The topological polar surface area (TPSA) is 77.9 Å². The van der Waals surface area contributed by atoms with Crippen molar-refractivity contribution in [1.82, 2.24) is 10.3 Å². The summed E-state index contributed by atoms with van der Waals surface area (Å²) in [6.07, 6.45) is 4.17. The van der Waals surface area contributed by atoms with Crippen molar-refractivity contribution in [2.45, 2.75) is 6.42 Å². The lowest BCUT2D eigenvalue weighted by Gasteiger charge is -2.08. The summed E-state index contributed by atoms with van der Waals surface area (Å²) in [5.74, 6) is 0.254. The first-order valence-electron chi connectivity index (χ1n) is 8.51. The molecule has 0 atom stereocenters. The van der Waals surface area contributed by atoms with Gasteiger partial charge in [-0.05, 0) is 73.7 Å². The summed E-state index contributed by atoms with van der Waals surface area (Å²) >= 11 is 6.84. The van der Waals surface area contributed by atoms with E-state index >= 15 is 0 Å². The summed E-state index contributed by atoms with van der Waals surface area (Å²) in [5, 5.41) is 13.3. The van der Waals surface area contributed by atoms with Crippen molar-refractivity contribution in [1.29, 1.82) is 5.26 Å². The number of H-pyrrole nitrogens is 1. The third-order valence-corrected chi connectivity index (χ3v) is 5.43. The van der Waals surface area contributed by atoms with E-state index in [0.717, 1.165) is 25.4 Å². The van der Waals surface area contributed by atoms with Gasteiger partial charge in [-0.2, -0.15) is 5.26 Å². The Morgan fingerprint density at radius 1 is 1.29 bits per heavy atom. The second-order valence-corrected chi connectivity index (χ2v) is 7.76. The molecule has 0 saturated heterocycles. The monoisotopic (exact) mass is 501 g/mol. The molecule has 3 aromatic rings. The Balaban J connectivity index is 1.68. The van der Waals surface area contributed by atoms with Crippen molar-refractivity contribution in [3.8, 4) is 11.8 Å². The molecule has 0 fully saturated rings. The summed E-state index contributed by atoms with van der Waals surface area (Å²) < 4.78 is 6.73. The molecule has 2 aromatic carbocycles. The Morgan fingerprint density at radius 2 is 2.00 bits per heavy atom. The number of amides is 1. The zero-order chi connectivity index (χ0) is 20.1. The predicted molar refractivity (Wildman–Crippen MR) is 117 cm³/mol. The summed E-state index contributed by atoms with van der Waals surface area (Å²) in [5.41, 5.74) is 2.95. The third-order valence-electron chi connectivity index (χ3n) is 4.26. The number of hydrogen-bond acceptors (Lipinski definition) is 3. The fraction of sp³-hybridized carbons (Fsp3) is 0.143. The van der Waals surface area contributed by atoms with Crippen LogP contribution in [0.5, 0.6) is 5.75 Å². The van der Waals surface area contributed by atoms with Gasteiger partial charge in [0.25, 0.3) is 5.91 Å². The maximum Gasteiger partial charge on any atom is 0.261 e. The van der Waals surface area contributed by atoms with Gasteiger partial charge in [0, 0.05) is 23.6 Å². The Labute approximate surface area is 179 Å². The van der Waals surface area contributed by atoms with Crippen LogP contribution < -0.4 is 10.1 Å². The van der Waals surface area contributed by atoms with Gasteiger partial charge in [0.2, 0.25) is 0 Å². The molecular weight excluding hydrogens is 486 g/mol. The molecule has 0 spiro atoms. The minimum atomic E-state index is -0.398. The number of methoxy groups -OCH3 is 1. The number of nitrogens with zero attached hydrogens (tertiary/aromatic N) is 1. The molecule has 0 bridgehead atoms. The lowest BCUT2D eigenvalue weighted by molar-refractivity contribution is -0.117. The second kappa shape index (κ2) is 9.09. The maximum atomic E-state index is 12.4. The second-order valence-electron chi connectivity index (χ2n) is 6.05. The van der Waals surface area contributed by atoms with Gasteiger partial charge >= 0.3 is 0 Å². The average Bonchev–Trinajstić information content (AvgIpc) is 3.09. The number of para-hydroxylation sites is 1. The van der Waals surface area contributed by atoms with Gasteiger partial charge < -0.3 is 15.0 Å². The van der Waals surface area contributed by atoms with Crippen molar-refractivity contribution in [2.75, 3.05) is 13.7 Å². The number of rotatable bonds is 6. The molecule has 2 N–H and O–H groups in total. The van der Waals surface area contributed by atoms with Crippen LogP contribution >= 0.6 is 31.9 Å². The zero-order valence-electron chi connectivity index (χ0n) is 15.1. The van der Waals surface area contributed by atoms with Crippen LogP contribution in [-0.4, -0.2) is 24.5 Å². The number of nitrogens with one attached hydrogen (secondary N) is 2. The predicted octanol–water partition coefficient (Wildman–Crippen LogP) is 4.97. The van der Waals surface area contributed by atoms with Crippen molar-refractivity contribution in [3.05, 3.63) is 68.2 Å². The quantitative estimate of drug-likeness (QED) is 0.369. The average molecular weight is 503 g/mol. The van der Waals surface area contributed by atoms with Gasteiger partial charge in [-0.3, -0.25) is 4.79 Å². The van der Waals surface area contributed by atoms with Gasteiger partial charge in [-0.25, -0.2) is 0 Å². The van der Waals surface area contributed by atoms with Crippen molar-refractivity contribution < 1.29 is 9.53 Å². The highest BCUT2D eigenvalue weighted by Crippen LogP contribution is 2.35. The molecule has 0 saturated carbocycles. The van der Waals surface area contributed by atoms with Crippen molar-refractivity contribution in [2.24, 2.45) is 0 Å². The molecule has 0 unspecified atom stereocenters. The van der Waals surface area contributed by atoms with Gasteiger partial charge in [0.1, 0.15) is 17.4 Å². The highest BCUT2D eigenvalue weighted by atomic mass is 79.9. The molecule has 28 heavy (non-hydrogen) atoms. The van der Waals surface area contributed by atoms with Crippen molar-refractivity contribution >= 4 is 54.7 Å². The van der Waals surface area contributed by atoms with E-state index in [1.807, 2.05) is 36.5 Å². The van der Waals surface area contributed by atoms with Crippen LogP contribution in [0.1, 0.15) is 11.1 Å². The standard InChI is InChI=1S/C21H17Br2N3O2/c1-28-20-17(22)9-13(10-18(20)23)8-15(11-24)21(27)25-7-6-14-12-26-19-5-3-2-4-16(14)19/h2-5,8-10,12,26H,6-7H2,1H3,(H,25,27)/b15-8-. The highest BCUT2D eigenvalue weighted by Gasteiger charge is 2.12. The number of carbonyl (C=O) groups excluding carboxylic acids is 1. The molecule has 5 nitrogen and oxygen atoms in total. The molecule has 0 aliphatic heterocycles. The van der Waals surface area contributed by atoms with Gasteiger partial charge in [0.05, 0.1) is 16.1 Å². The van der Waals surface area contributed by atoms with E-state index in [2.05, 4.69) is 42.2 Å². The summed E-state index contributed by atoms with van der Waals surface area (Å²) in [4.78, 5) is 15.6. The zero-order valence-corrected chi connectivity index (χ0v) is 18.2. The number of nitriles is 1. The number of hydrogen-bond donors (Lipinski definition) is 2. The lowest BCUT2D eigenvalue weighted by Crippen LogP contribution is -2.26. The maximum absolute atomic E-state index is 12.4. The van der Waals surface area contributed by atoms with E-state index < -0.39 is 5.91 Å². The Bertz CT molecular complexity index is 1070. The molecule has 7 heteroatoms. The van der Waals surface area contributed by atoms with Crippen LogP contribution in [-0.2, 0) is 11.2 Å². The molecule has 0 aliphatic rings. The fourth-order valence-electron chi connectivity index (χ4n) is 2.92. The Morgan fingerprint density at radius 3 is 2.68 bits per heavy atom. The van der Waals surface area contributed by atoms with Crippen LogP contribution in [0.3, 0.4) is 0 Å². The minimum Gasteiger partial charge on any atom is -0.494 e. The number of carbonyl (C=O) groups is 1.